The monoisotopic (exact) mass is 570 g/mol. The van der Waals surface area contributed by atoms with E-state index in [1.54, 1.807) is 30.7 Å². The molecule has 1 atom stereocenters. The summed E-state index contributed by atoms with van der Waals surface area (Å²) in [5.74, 6) is 0.316. The molecule has 2 aromatic carbocycles. The predicted octanol–water partition coefficient (Wildman–Crippen LogP) is 5.19. The van der Waals surface area contributed by atoms with Gasteiger partial charge < -0.3 is 20.1 Å². The maximum atomic E-state index is 12.9. The van der Waals surface area contributed by atoms with Gasteiger partial charge in [-0.3, -0.25) is 4.79 Å². The Morgan fingerprint density at radius 2 is 1.92 bits per heavy atom. The number of nitrogens with zero attached hydrogens (tertiary/aromatic N) is 4. The highest BCUT2D eigenvalue weighted by molar-refractivity contribution is 7.80. The van der Waals surface area contributed by atoms with Crippen LogP contribution >= 0.6 is 35.4 Å². The third-order valence-electron chi connectivity index (χ3n) is 5.82. The van der Waals surface area contributed by atoms with Crippen LogP contribution < -0.4 is 10.6 Å². The van der Waals surface area contributed by atoms with Gasteiger partial charge in [-0.1, -0.05) is 61.3 Å². The fourth-order valence-corrected chi connectivity index (χ4v) is 4.49. The Balaban J connectivity index is 1.63. The average molecular weight is 572 g/mol. The Bertz CT molecular complexity index is 1290. The summed E-state index contributed by atoms with van der Waals surface area (Å²) in [6, 6.07) is 14.8. The number of carbonyl (C=O) groups is 1. The molecule has 200 valence electrons. The number of imidazole rings is 1. The first-order chi connectivity index (χ1) is 18.2. The van der Waals surface area contributed by atoms with Crippen LogP contribution in [0.15, 0.2) is 55.0 Å². The molecule has 0 bridgehead atoms. The fourth-order valence-electron chi connectivity index (χ4n) is 3.88. The number of halogens is 2. The average Bonchev–Trinajstić information content (AvgIpc) is 3.31. The first-order valence-corrected chi connectivity index (χ1v) is 13.6. The molecule has 7 nitrogen and oxygen atoms in total. The molecule has 0 unspecified atom stereocenters. The van der Waals surface area contributed by atoms with Crippen molar-refractivity contribution >= 4 is 46.4 Å². The van der Waals surface area contributed by atoms with E-state index in [-0.39, 0.29) is 18.4 Å². The third-order valence-corrected chi connectivity index (χ3v) is 7.08. The molecule has 0 fully saturated rings. The van der Waals surface area contributed by atoms with Crippen molar-refractivity contribution in [2.45, 2.75) is 46.3 Å². The van der Waals surface area contributed by atoms with Crippen LogP contribution in [0.5, 0.6) is 0 Å². The van der Waals surface area contributed by atoms with Crippen molar-refractivity contribution in [2.75, 3.05) is 13.1 Å². The zero-order chi connectivity index (χ0) is 27.7. The summed E-state index contributed by atoms with van der Waals surface area (Å²) in [5, 5.41) is 17.0. The number of amides is 1. The molecule has 0 spiro atoms. The molecular weight excluding hydrogens is 539 g/mol. The molecule has 2 N–H and O–H groups in total. The summed E-state index contributed by atoms with van der Waals surface area (Å²) in [6.45, 7) is 8.43. The molecule has 0 radical (unpaired) electrons. The van der Waals surface area contributed by atoms with E-state index in [2.05, 4.69) is 35.5 Å². The first kappa shape index (κ1) is 29.4. The molecule has 0 saturated carbocycles. The highest BCUT2D eigenvalue weighted by atomic mass is 35.5. The number of benzene rings is 2. The van der Waals surface area contributed by atoms with Crippen molar-refractivity contribution in [1.82, 2.24) is 25.1 Å². The van der Waals surface area contributed by atoms with Crippen LogP contribution in [0, 0.1) is 17.2 Å². The molecular formula is C28H32Cl2N6OS. The van der Waals surface area contributed by atoms with Gasteiger partial charge in [0.05, 0.1) is 34.4 Å². The van der Waals surface area contributed by atoms with Gasteiger partial charge in [0.25, 0.3) is 0 Å². The minimum atomic E-state index is -0.186. The van der Waals surface area contributed by atoms with Crippen LogP contribution in [0.25, 0.3) is 0 Å². The summed E-state index contributed by atoms with van der Waals surface area (Å²) in [7, 11) is 0. The van der Waals surface area contributed by atoms with Crippen LogP contribution in [0.1, 0.15) is 43.2 Å². The van der Waals surface area contributed by atoms with Crippen LogP contribution in [0.2, 0.25) is 10.0 Å². The zero-order valence-corrected chi connectivity index (χ0v) is 24.1. The van der Waals surface area contributed by atoms with E-state index in [4.69, 9.17) is 40.7 Å². The van der Waals surface area contributed by atoms with Crippen molar-refractivity contribution in [3.63, 3.8) is 0 Å². The molecule has 3 rings (SSSR count). The van der Waals surface area contributed by atoms with Crippen molar-refractivity contribution in [2.24, 2.45) is 5.92 Å². The van der Waals surface area contributed by atoms with Gasteiger partial charge in [0.15, 0.2) is 5.11 Å². The molecule has 38 heavy (non-hydrogen) atoms. The molecule has 1 heterocycles. The lowest BCUT2D eigenvalue weighted by molar-refractivity contribution is -0.121. The maximum absolute atomic E-state index is 12.9. The van der Waals surface area contributed by atoms with Crippen molar-refractivity contribution in [3.05, 3.63) is 87.4 Å². The van der Waals surface area contributed by atoms with Gasteiger partial charge in [-0.15, -0.1) is 0 Å². The lowest BCUT2D eigenvalue weighted by Gasteiger charge is -2.30. The van der Waals surface area contributed by atoms with Crippen LogP contribution in [-0.4, -0.2) is 44.6 Å². The van der Waals surface area contributed by atoms with Gasteiger partial charge >= 0.3 is 0 Å². The second-order valence-electron chi connectivity index (χ2n) is 9.64. The van der Waals surface area contributed by atoms with Crippen LogP contribution in [0.3, 0.4) is 0 Å². The zero-order valence-electron chi connectivity index (χ0n) is 21.7. The fraction of sp³-hybridized carbons (Fsp3) is 0.357. The smallest absolute Gasteiger partial charge is 0.226 e. The Hall–Kier alpha value is -3.12. The second kappa shape index (κ2) is 14.1. The Morgan fingerprint density at radius 1 is 1.18 bits per heavy atom. The number of hydrogen-bond acceptors (Lipinski definition) is 4. The van der Waals surface area contributed by atoms with Gasteiger partial charge in [-0.05, 0) is 54.4 Å². The summed E-state index contributed by atoms with van der Waals surface area (Å²) in [5.41, 5.74) is 3.29. The number of nitriles is 1. The van der Waals surface area contributed by atoms with E-state index in [1.807, 2.05) is 40.7 Å². The van der Waals surface area contributed by atoms with Crippen LogP contribution in [-0.2, 0) is 24.3 Å². The van der Waals surface area contributed by atoms with E-state index in [0.717, 1.165) is 23.4 Å². The summed E-state index contributed by atoms with van der Waals surface area (Å²) < 4.78 is 1.93. The van der Waals surface area contributed by atoms with E-state index >= 15 is 0 Å². The number of aromatic nitrogens is 2. The van der Waals surface area contributed by atoms with E-state index in [0.29, 0.717) is 46.3 Å². The predicted molar refractivity (Wildman–Crippen MR) is 156 cm³/mol. The van der Waals surface area contributed by atoms with Gasteiger partial charge in [-0.25, -0.2) is 4.98 Å². The van der Waals surface area contributed by atoms with Gasteiger partial charge in [-0.2, -0.15) is 5.26 Å². The largest absolute Gasteiger partial charge is 0.362 e. The quantitative estimate of drug-likeness (QED) is 0.308. The SMILES string of the molecule is CC(C)CNC(=S)N(Cc1cccc(Cl)c1Cl)C[C@H](C)NC(=O)Cc1cncn1Cc1ccc(C#N)cc1. The molecule has 0 aliphatic rings. The summed E-state index contributed by atoms with van der Waals surface area (Å²) in [6.07, 6.45) is 3.60. The van der Waals surface area contributed by atoms with Gasteiger partial charge in [0, 0.05) is 44.1 Å². The highest BCUT2D eigenvalue weighted by Gasteiger charge is 2.19. The Labute approximate surface area is 239 Å². The number of hydrogen-bond donors (Lipinski definition) is 2. The number of carbonyl (C=O) groups excluding carboxylic acids is 1. The van der Waals surface area contributed by atoms with E-state index in [9.17, 15) is 4.79 Å². The lowest BCUT2D eigenvalue weighted by Crippen LogP contribution is -2.48. The van der Waals surface area contributed by atoms with Gasteiger partial charge in [0.1, 0.15) is 0 Å². The van der Waals surface area contributed by atoms with E-state index < -0.39 is 0 Å². The molecule has 0 saturated heterocycles. The standard InChI is InChI=1S/C28H32Cl2N6OS/c1-19(2)13-33-28(38)35(17-23-5-4-6-25(29)27(23)30)15-20(3)34-26(37)11-24-14-32-18-36(24)16-22-9-7-21(12-31)8-10-22/h4-10,14,18-20H,11,13,15-17H2,1-3H3,(H,33,38)(H,34,37)/t20-/m0/s1. The normalized spacial score (nSPS) is 11.6. The highest BCUT2D eigenvalue weighted by Crippen LogP contribution is 2.26. The summed E-state index contributed by atoms with van der Waals surface area (Å²) >= 11 is 18.4. The minimum Gasteiger partial charge on any atom is -0.362 e. The molecule has 1 aromatic heterocycles. The maximum Gasteiger partial charge on any atom is 0.226 e. The lowest BCUT2D eigenvalue weighted by atomic mass is 10.1. The van der Waals surface area contributed by atoms with Crippen molar-refractivity contribution < 1.29 is 4.79 Å². The Morgan fingerprint density at radius 3 is 2.61 bits per heavy atom. The molecule has 3 aromatic rings. The number of nitrogens with one attached hydrogen (secondary N) is 2. The van der Waals surface area contributed by atoms with E-state index in [1.165, 1.54) is 0 Å². The first-order valence-electron chi connectivity index (χ1n) is 12.4. The molecule has 0 aliphatic heterocycles. The second-order valence-corrected chi connectivity index (χ2v) is 10.8. The number of thiocarbonyl (C=S) groups is 1. The van der Waals surface area contributed by atoms with Crippen LogP contribution in [0.4, 0.5) is 0 Å². The van der Waals surface area contributed by atoms with Gasteiger partial charge in [0.2, 0.25) is 5.91 Å². The Kier molecular flexibility index (Phi) is 11.0. The molecule has 10 heteroatoms. The topological polar surface area (TPSA) is 86.0 Å². The summed E-state index contributed by atoms with van der Waals surface area (Å²) in [4.78, 5) is 19.2. The third kappa shape index (κ3) is 8.73. The van der Waals surface area contributed by atoms with Crippen molar-refractivity contribution in [3.8, 4) is 6.07 Å². The molecule has 0 aliphatic carbocycles. The minimum absolute atomic E-state index is 0.110. The number of rotatable bonds is 11. The molecule has 1 amide bonds. The van der Waals surface area contributed by atoms with Crippen molar-refractivity contribution in [1.29, 1.82) is 5.26 Å².